The minimum atomic E-state index is -1.79. The van der Waals surface area contributed by atoms with Gasteiger partial charge in [0.05, 0.1) is 32.8 Å². The van der Waals surface area contributed by atoms with Gasteiger partial charge in [-0.2, -0.15) is 0 Å². The number of aliphatic hydroxyl groups excluding tert-OH is 1. The molecule has 1 aromatic rings. The van der Waals surface area contributed by atoms with Crippen LogP contribution in [0.3, 0.4) is 0 Å². The summed E-state index contributed by atoms with van der Waals surface area (Å²) in [7, 11) is 1.51. The maximum Gasteiger partial charge on any atom is 0.326 e. The molecule has 29 heavy (non-hydrogen) atoms. The molecule has 2 N–H and O–H groups in total. The second kappa shape index (κ2) is 8.82. The van der Waals surface area contributed by atoms with Crippen LogP contribution in [0.4, 0.5) is 0 Å². The van der Waals surface area contributed by atoms with Crippen LogP contribution in [0.15, 0.2) is 24.3 Å². The Labute approximate surface area is 170 Å². The summed E-state index contributed by atoms with van der Waals surface area (Å²) in [4.78, 5) is 38.8. The van der Waals surface area contributed by atoms with Gasteiger partial charge in [-0.25, -0.2) is 0 Å². The van der Waals surface area contributed by atoms with Gasteiger partial charge in [-0.05, 0) is 45.4 Å². The summed E-state index contributed by atoms with van der Waals surface area (Å²) < 4.78 is 15.8. The van der Waals surface area contributed by atoms with Crippen LogP contribution < -0.4 is 10.1 Å². The summed E-state index contributed by atoms with van der Waals surface area (Å²) in [6, 6.07) is 5.64. The van der Waals surface area contributed by atoms with Crippen LogP contribution in [0.2, 0.25) is 0 Å². The largest absolute Gasteiger partial charge is 0.497 e. The van der Waals surface area contributed by atoms with Crippen molar-refractivity contribution in [3.8, 4) is 5.75 Å². The van der Waals surface area contributed by atoms with Crippen molar-refractivity contribution in [2.75, 3.05) is 20.3 Å². The molecule has 1 fully saturated rings. The van der Waals surface area contributed by atoms with Crippen LogP contribution in [-0.4, -0.2) is 54.9 Å². The van der Waals surface area contributed by atoms with Crippen molar-refractivity contribution in [1.29, 1.82) is 0 Å². The highest BCUT2D eigenvalue weighted by atomic mass is 16.6. The van der Waals surface area contributed by atoms with E-state index in [4.69, 9.17) is 14.2 Å². The predicted molar refractivity (Wildman–Crippen MR) is 104 cm³/mol. The van der Waals surface area contributed by atoms with Crippen LogP contribution in [-0.2, 0) is 29.3 Å². The molecule has 1 aliphatic heterocycles. The fourth-order valence-corrected chi connectivity index (χ4v) is 3.69. The number of carbonyl (C=O) groups is 3. The molecule has 2 rings (SSSR count). The first-order chi connectivity index (χ1) is 13.6. The molecule has 1 saturated heterocycles. The third kappa shape index (κ3) is 4.53. The average molecular weight is 407 g/mol. The van der Waals surface area contributed by atoms with Crippen molar-refractivity contribution in [3.05, 3.63) is 29.8 Å². The molecule has 1 amide bonds. The van der Waals surface area contributed by atoms with Crippen molar-refractivity contribution in [1.82, 2.24) is 5.32 Å². The van der Waals surface area contributed by atoms with E-state index in [1.165, 1.54) is 7.11 Å². The van der Waals surface area contributed by atoms with Crippen molar-refractivity contribution in [2.24, 2.45) is 5.92 Å². The number of methoxy groups -OCH3 is 1. The zero-order valence-electron chi connectivity index (χ0n) is 17.5. The number of rotatable bonds is 7. The van der Waals surface area contributed by atoms with Gasteiger partial charge in [-0.3, -0.25) is 14.4 Å². The molecule has 1 aliphatic rings. The highest BCUT2D eigenvalue weighted by Crippen LogP contribution is 2.43. The summed E-state index contributed by atoms with van der Waals surface area (Å²) in [6.45, 7) is 6.46. The lowest BCUT2D eigenvalue weighted by atomic mass is 9.68. The molecule has 8 heteroatoms. The summed E-state index contributed by atoms with van der Waals surface area (Å²) in [5.41, 5.74) is -2.15. The third-order valence-corrected chi connectivity index (χ3v) is 4.86. The Kier molecular flexibility index (Phi) is 6.89. The topological polar surface area (TPSA) is 111 Å². The van der Waals surface area contributed by atoms with Crippen molar-refractivity contribution in [2.45, 2.75) is 51.2 Å². The third-order valence-electron chi connectivity index (χ3n) is 4.86. The number of amides is 1. The molecule has 0 unspecified atom stereocenters. The van der Waals surface area contributed by atoms with Gasteiger partial charge in [-0.15, -0.1) is 0 Å². The van der Waals surface area contributed by atoms with Gasteiger partial charge in [0.15, 0.2) is 5.41 Å². The van der Waals surface area contributed by atoms with Gasteiger partial charge in [0, 0.05) is 5.92 Å². The number of aliphatic hydroxyl groups is 1. The van der Waals surface area contributed by atoms with Gasteiger partial charge in [0.2, 0.25) is 5.91 Å². The molecular formula is C21H29NO7. The van der Waals surface area contributed by atoms with E-state index >= 15 is 0 Å². The minimum Gasteiger partial charge on any atom is -0.497 e. The van der Waals surface area contributed by atoms with E-state index in [0.717, 1.165) is 0 Å². The molecular weight excluding hydrogens is 378 g/mol. The summed E-state index contributed by atoms with van der Waals surface area (Å²) in [6.07, 6.45) is -0.244. The molecule has 0 spiro atoms. The smallest absolute Gasteiger partial charge is 0.326 e. The number of nitrogens with one attached hydrogen (secondary N) is 1. The number of hydrogen-bond donors (Lipinski definition) is 2. The van der Waals surface area contributed by atoms with E-state index in [1.807, 2.05) is 0 Å². The number of esters is 2. The summed E-state index contributed by atoms with van der Waals surface area (Å²) >= 11 is 0. The molecule has 0 radical (unpaired) electrons. The van der Waals surface area contributed by atoms with Crippen molar-refractivity contribution in [3.63, 3.8) is 0 Å². The Balaban J connectivity index is 2.57. The second-order valence-corrected chi connectivity index (χ2v) is 7.92. The van der Waals surface area contributed by atoms with Gasteiger partial charge >= 0.3 is 11.9 Å². The highest BCUT2D eigenvalue weighted by molar-refractivity contribution is 6.11. The van der Waals surface area contributed by atoms with E-state index < -0.39 is 47.4 Å². The van der Waals surface area contributed by atoms with Crippen LogP contribution in [0.25, 0.3) is 0 Å². The minimum absolute atomic E-state index is 0.0625. The Morgan fingerprint density at radius 1 is 1.21 bits per heavy atom. The summed E-state index contributed by atoms with van der Waals surface area (Å²) in [5, 5.41) is 12.5. The second-order valence-electron chi connectivity index (χ2n) is 7.92. The molecule has 0 aromatic heterocycles. The lowest BCUT2D eigenvalue weighted by molar-refractivity contribution is -0.159. The SMILES string of the molecule is CCOC(=O)[C@@]1(c2ccc(OC)cc2)C(=O)N[C@H](CO)[C@H]1CC(=O)OC(C)(C)C. The van der Waals surface area contributed by atoms with Gasteiger partial charge in [-0.1, -0.05) is 12.1 Å². The first-order valence-electron chi connectivity index (χ1n) is 9.55. The zero-order chi connectivity index (χ0) is 21.8. The van der Waals surface area contributed by atoms with Crippen LogP contribution in [0, 0.1) is 5.92 Å². The van der Waals surface area contributed by atoms with Gasteiger partial charge < -0.3 is 24.6 Å². The Morgan fingerprint density at radius 3 is 2.31 bits per heavy atom. The highest BCUT2D eigenvalue weighted by Gasteiger charge is 2.62. The van der Waals surface area contributed by atoms with Gasteiger partial charge in [0.1, 0.15) is 11.4 Å². The standard InChI is InChI=1S/C21H29NO7/c1-6-28-19(26)21(13-7-9-14(27-5)10-8-13)15(16(12-23)22-18(21)25)11-17(24)29-20(2,3)4/h7-10,15-16,23H,6,11-12H2,1-5H3,(H,22,25)/t15-,16-,21-/m1/s1. The molecule has 0 aliphatic carbocycles. The summed E-state index contributed by atoms with van der Waals surface area (Å²) in [5.74, 6) is -2.30. The first kappa shape index (κ1) is 22.7. The van der Waals surface area contributed by atoms with E-state index in [2.05, 4.69) is 5.32 Å². The van der Waals surface area contributed by atoms with E-state index in [-0.39, 0.29) is 13.0 Å². The molecule has 0 saturated carbocycles. The fraction of sp³-hybridized carbons (Fsp3) is 0.571. The van der Waals surface area contributed by atoms with E-state index in [9.17, 15) is 19.5 Å². The van der Waals surface area contributed by atoms with Gasteiger partial charge in [0.25, 0.3) is 0 Å². The zero-order valence-corrected chi connectivity index (χ0v) is 17.5. The molecule has 3 atom stereocenters. The van der Waals surface area contributed by atoms with Crippen LogP contribution >= 0.6 is 0 Å². The van der Waals surface area contributed by atoms with E-state index in [1.54, 1.807) is 52.0 Å². The van der Waals surface area contributed by atoms with Crippen LogP contribution in [0.1, 0.15) is 39.7 Å². The fourth-order valence-electron chi connectivity index (χ4n) is 3.69. The molecule has 160 valence electrons. The quantitative estimate of drug-likeness (QED) is 0.518. The predicted octanol–water partition coefficient (Wildman–Crippen LogP) is 1.33. The number of ether oxygens (including phenoxy) is 3. The maximum absolute atomic E-state index is 13.1. The first-order valence-corrected chi connectivity index (χ1v) is 9.55. The number of hydrogen-bond acceptors (Lipinski definition) is 7. The maximum atomic E-state index is 13.1. The van der Waals surface area contributed by atoms with Crippen molar-refractivity contribution < 1.29 is 33.7 Å². The number of carbonyl (C=O) groups excluding carboxylic acids is 3. The lowest BCUT2D eigenvalue weighted by Crippen LogP contribution is -2.49. The van der Waals surface area contributed by atoms with Crippen LogP contribution in [0.5, 0.6) is 5.75 Å². The molecule has 0 bridgehead atoms. The molecule has 1 heterocycles. The average Bonchev–Trinajstić information content (AvgIpc) is 2.92. The Morgan fingerprint density at radius 2 is 1.83 bits per heavy atom. The molecule has 8 nitrogen and oxygen atoms in total. The van der Waals surface area contributed by atoms with E-state index in [0.29, 0.717) is 11.3 Å². The monoisotopic (exact) mass is 407 g/mol. The molecule has 1 aromatic carbocycles. The normalized spacial score (nSPS) is 24.0. The Bertz CT molecular complexity index is 753. The van der Waals surface area contributed by atoms with Crippen molar-refractivity contribution >= 4 is 17.8 Å². The lowest BCUT2D eigenvalue weighted by Gasteiger charge is -2.32. The number of benzene rings is 1. The Hall–Kier alpha value is -2.61.